The van der Waals surface area contributed by atoms with Gasteiger partial charge in [0.1, 0.15) is 5.54 Å². The Hall–Kier alpha value is -3.06. The summed E-state index contributed by atoms with van der Waals surface area (Å²) >= 11 is 0. The number of amides is 1. The van der Waals surface area contributed by atoms with Crippen LogP contribution in [-0.2, 0) is 17.3 Å². The fourth-order valence-corrected chi connectivity index (χ4v) is 5.68. The zero-order valence-corrected chi connectivity index (χ0v) is 18.0. The summed E-state index contributed by atoms with van der Waals surface area (Å²) < 4.78 is 10.5. The van der Waals surface area contributed by atoms with Crippen LogP contribution in [-0.4, -0.2) is 50.5 Å². The number of ether oxygens (including phenoxy) is 1. The van der Waals surface area contributed by atoms with Gasteiger partial charge in [-0.15, -0.1) is 0 Å². The van der Waals surface area contributed by atoms with Gasteiger partial charge in [0.2, 0.25) is 0 Å². The van der Waals surface area contributed by atoms with Crippen LogP contribution in [0.3, 0.4) is 0 Å². The first kappa shape index (κ1) is 18.7. The van der Waals surface area contributed by atoms with Gasteiger partial charge in [0, 0.05) is 39.0 Å². The molecule has 7 nitrogen and oxygen atoms in total. The number of aromatic nitrogens is 3. The van der Waals surface area contributed by atoms with Crippen molar-refractivity contribution < 1.29 is 9.53 Å². The number of benzene rings is 1. The van der Waals surface area contributed by atoms with E-state index >= 15 is 0 Å². The fraction of sp³-hybridized carbons (Fsp3) is 0.417. The third-order valence-corrected chi connectivity index (χ3v) is 7.23. The van der Waals surface area contributed by atoms with Crippen LogP contribution in [0.15, 0.2) is 48.8 Å². The summed E-state index contributed by atoms with van der Waals surface area (Å²) in [6, 6.07) is 12.8. The summed E-state index contributed by atoms with van der Waals surface area (Å²) in [5.74, 6) is 0.0757. The molecule has 2 fully saturated rings. The number of nitrogens with zero attached hydrogens (tertiary/aromatic N) is 4. The minimum absolute atomic E-state index is 0.0757. The lowest BCUT2D eigenvalue weighted by Crippen LogP contribution is -2.48. The molecular formula is C24H27N5O2. The van der Waals surface area contributed by atoms with E-state index in [0.29, 0.717) is 25.3 Å². The lowest BCUT2D eigenvalue weighted by atomic mass is 9.79. The average Bonchev–Trinajstić information content (AvgIpc) is 3.47. The van der Waals surface area contributed by atoms with Gasteiger partial charge in [0.15, 0.2) is 0 Å². The molecule has 1 aromatic carbocycles. The van der Waals surface area contributed by atoms with Crippen LogP contribution < -0.4 is 5.32 Å². The summed E-state index contributed by atoms with van der Waals surface area (Å²) in [5.41, 5.74) is 4.64. The number of carbonyl (C=O) groups excluding carboxylic acids is 1. The molecule has 0 bridgehead atoms. The van der Waals surface area contributed by atoms with E-state index < -0.39 is 0 Å². The van der Waals surface area contributed by atoms with Crippen molar-refractivity contribution in [3.8, 4) is 5.69 Å². The minimum Gasteiger partial charge on any atom is -0.372 e. The number of hydrogen-bond donors (Lipinski definition) is 1. The molecule has 3 aliphatic heterocycles. The van der Waals surface area contributed by atoms with Crippen molar-refractivity contribution in [2.75, 3.05) is 25.0 Å². The molecule has 3 aromatic rings. The zero-order chi connectivity index (χ0) is 21.2. The number of anilines is 1. The van der Waals surface area contributed by atoms with Crippen molar-refractivity contribution in [3.63, 3.8) is 0 Å². The van der Waals surface area contributed by atoms with Gasteiger partial charge in [0.25, 0.3) is 5.91 Å². The summed E-state index contributed by atoms with van der Waals surface area (Å²) in [7, 11) is 1.85. The molecule has 1 N–H and O–H groups in total. The Kier molecular flexibility index (Phi) is 3.90. The number of aryl methyl sites for hydroxylation is 2. The van der Waals surface area contributed by atoms with E-state index in [1.165, 1.54) is 11.4 Å². The van der Waals surface area contributed by atoms with Crippen molar-refractivity contribution >= 4 is 11.6 Å². The number of nitrogens with one attached hydrogen (secondary N) is 1. The maximum atomic E-state index is 13.0. The largest absolute Gasteiger partial charge is 0.372 e. The van der Waals surface area contributed by atoms with E-state index in [9.17, 15) is 4.79 Å². The number of carbonyl (C=O) groups is 1. The molecule has 0 saturated carbocycles. The summed E-state index contributed by atoms with van der Waals surface area (Å²) in [4.78, 5) is 15.0. The summed E-state index contributed by atoms with van der Waals surface area (Å²) in [6.07, 6.45) is 6.57. The molecule has 1 amide bonds. The second-order valence-corrected chi connectivity index (χ2v) is 9.23. The molecule has 2 aromatic heterocycles. The van der Waals surface area contributed by atoms with Gasteiger partial charge in [0.05, 0.1) is 40.5 Å². The number of rotatable bonds is 1. The second-order valence-electron chi connectivity index (χ2n) is 9.23. The lowest BCUT2D eigenvalue weighted by molar-refractivity contribution is -0.0392. The Morgan fingerprint density at radius 1 is 1.16 bits per heavy atom. The first-order valence-corrected chi connectivity index (χ1v) is 11.0. The molecule has 5 heterocycles. The molecule has 1 atom stereocenters. The van der Waals surface area contributed by atoms with Crippen molar-refractivity contribution in [3.05, 3.63) is 65.7 Å². The van der Waals surface area contributed by atoms with Gasteiger partial charge in [-0.05, 0) is 44.0 Å². The predicted octanol–water partition coefficient (Wildman–Crippen LogP) is 3.24. The molecule has 0 radical (unpaired) electrons. The van der Waals surface area contributed by atoms with Gasteiger partial charge in [-0.25, -0.2) is 0 Å². The third-order valence-electron chi connectivity index (χ3n) is 7.23. The van der Waals surface area contributed by atoms with Gasteiger partial charge in [-0.2, -0.15) is 5.10 Å². The monoisotopic (exact) mass is 417 g/mol. The van der Waals surface area contributed by atoms with E-state index in [-0.39, 0.29) is 17.0 Å². The number of hydrogen-bond acceptors (Lipinski definition) is 4. The number of para-hydroxylation sites is 2. The molecule has 3 aliphatic rings. The van der Waals surface area contributed by atoms with E-state index in [2.05, 4.69) is 57.6 Å². The molecular weight excluding hydrogens is 390 g/mol. The van der Waals surface area contributed by atoms with Crippen LogP contribution in [0.2, 0.25) is 0 Å². The number of fused-ring (bicyclic) bond motifs is 4. The first-order valence-electron chi connectivity index (χ1n) is 11.0. The quantitative estimate of drug-likeness (QED) is 0.660. The van der Waals surface area contributed by atoms with Crippen molar-refractivity contribution in [1.82, 2.24) is 19.2 Å². The summed E-state index contributed by atoms with van der Waals surface area (Å²) in [5, 5.41) is 8.14. The van der Waals surface area contributed by atoms with E-state index in [1.807, 2.05) is 25.1 Å². The van der Waals surface area contributed by atoms with E-state index in [1.54, 1.807) is 4.68 Å². The van der Waals surface area contributed by atoms with Crippen LogP contribution in [0.25, 0.3) is 5.69 Å². The number of piperidine rings is 1. The van der Waals surface area contributed by atoms with Gasteiger partial charge in [-0.3, -0.25) is 9.48 Å². The summed E-state index contributed by atoms with van der Waals surface area (Å²) in [6.45, 7) is 3.95. The minimum atomic E-state index is -0.232. The highest BCUT2D eigenvalue weighted by Gasteiger charge is 2.54. The average molecular weight is 418 g/mol. The van der Waals surface area contributed by atoms with Gasteiger partial charge >= 0.3 is 0 Å². The highest BCUT2D eigenvalue weighted by Crippen LogP contribution is 2.50. The smallest absolute Gasteiger partial charge is 0.257 e. The van der Waals surface area contributed by atoms with Crippen LogP contribution >= 0.6 is 0 Å². The van der Waals surface area contributed by atoms with Crippen molar-refractivity contribution in [1.29, 1.82) is 0 Å². The van der Waals surface area contributed by atoms with E-state index in [4.69, 9.17) is 4.74 Å². The van der Waals surface area contributed by atoms with Crippen LogP contribution in [0, 0.1) is 6.92 Å². The Balaban J connectivity index is 1.23. The Morgan fingerprint density at radius 2 is 1.97 bits per heavy atom. The first-order chi connectivity index (χ1) is 15.0. The van der Waals surface area contributed by atoms with Gasteiger partial charge < -0.3 is 19.5 Å². The second kappa shape index (κ2) is 6.47. The van der Waals surface area contributed by atoms with Crippen molar-refractivity contribution in [2.24, 2.45) is 7.05 Å². The molecule has 2 saturated heterocycles. The molecule has 160 valence electrons. The molecule has 31 heavy (non-hydrogen) atoms. The Labute approximate surface area is 181 Å². The molecule has 7 heteroatoms. The maximum absolute atomic E-state index is 13.0. The van der Waals surface area contributed by atoms with E-state index in [0.717, 1.165) is 30.6 Å². The Bertz CT molecular complexity index is 1170. The molecule has 0 aliphatic carbocycles. The topological polar surface area (TPSA) is 64.3 Å². The standard InChI is InChI=1S/C24H27N5O2/c1-17-18(14-27(2)26-17)22(30)28-12-9-23(10-13-28)15-24(16-31-23)21-8-5-11-29(21)20-7-4-3-6-19(20)25-24/h3-8,11,14,25H,9-10,12-13,15-16H2,1-2H3. The lowest BCUT2D eigenvalue weighted by Gasteiger charge is -2.41. The highest BCUT2D eigenvalue weighted by molar-refractivity contribution is 5.95. The zero-order valence-electron chi connectivity index (χ0n) is 18.0. The molecule has 1 unspecified atom stereocenters. The molecule has 2 spiro atoms. The van der Waals surface area contributed by atoms with Crippen LogP contribution in [0.1, 0.15) is 41.0 Å². The van der Waals surface area contributed by atoms with Gasteiger partial charge in [-0.1, -0.05) is 12.1 Å². The maximum Gasteiger partial charge on any atom is 0.257 e. The fourth-order valence-electron chi connectivity index (χ4n) is 5.68. The van der Waals surface area contributed by atoms with Crippen LogP contribution in [0.4, 0.5) is 5.69 Å². The Morgan fingerprint density at radius 3 is 2.74 bits per heavy atom. The highest BCUT2D eigenvalue weighted by atomic mass is 16.5. The van der Waals surface area contributed by atoms with Crippen molar-refractivity contribution in [2.45, 2.75) is 37.3 Å². The van der Waals surface area contributed by atoms with Crippen LogP contribution in [0.5, 0.6) is 0 Å². The number of likely N-dealkylation sites (tertiary alicyclic amines) is 1. The SMILES string of the molecule is Cc1nn(C)cc1C(=O)N1CCC2(CC1)CC1(CO2)Nc2ccccc2-n2cccc21. The third kappa shape index (κ3) is 2.76. The predicted molar refractivity (Wildman–Crippen MR) is 117 cm³/mol. The normalized spacial score (nSPS) is 23.6. The molecule has 6 rings (SSSR count).